The van der Waals surface area contributed by atoms with Crippen molar-refractivity contribution in [3.05, 3.63) is 12.2 Å². The van der Waals surface area contributed by atoms with Gasteiger partial charge >= 0.3 is 29.2 Å². The summed E-state index contributed by atoms with van der Waals surface area (Å²) in [6.45, 7) is 1.83. The van der Waals surface area contributed by atoms with Gasteiger partial charge in [-0.05, 0) is 13.3 Å². The van der Waals surface area contributed by atoms with E-state index in [9.17, 15) is 44.5 Å². The van der Waals surface area contributed by atoms with Crippen molar-refractivity contribution in [3.63, 3.8) is 0 Å². The number of halogens is 5. The molecular weight excluding hydrogens is 399 g/mol. The van der Waals surface area contributed by atoms with E-state index in [0.717, 1.165) is 6.92 Å². The molecule has 0 aliphatic rings. The summed E-state index contributed by atoms with van der Waals surface area (Å²) in [6.07, 6.45) is -5.97. The summed E-state index contributed by atoms with van der Waals surface area (Å²) in [6, 6.07) is 0. The lowest BCUT2D eigenvalue weighted by atomic mass is 10.2. The molecule has 0 heterocycles. The van der Waals surface area contributed by atoms with Gasteiger partial charge in [-0.1, -0.05) is 13.5 Å². The summed E-state index contributed by atoms with van der Waals surface area (Å²) >= 11 is 0. The number of hydrogen-bond acceptors (Lipinski definition) is 8. The highest BCUT2D eigenvalue weighted by molar-refractivity contribution is 7.86. The van der Waals surface area contributed by atoms with Gasteiger partial charge in [0.05, 0.1) is 6.61 Å². The molecule has 0 amide bonds. The fraction of sp³-hybridized carbons (Fsp3) is 0.667. The molecule has 0 rings (SSSR count). The van der Waals surface area contributed by atoms with E-state index < -0.39 is 58.1 Å². The number of alkyl halides is 5. The van der Waals surface area contributed by atoms with Crippen molar-refractivity contribution < 1.29 is 58.7 Å². The molecule has 152 valence electrons. The monoisotopic (exact) mass is 413 g/mol. The van der Waals surface area contributed by atoms with E-state index in [2.05, 4.69) is 20.8 Å². The molecule has 0 aromatic rings. The first-order valence-corrected chi connectivity index (χ1v) is 8.02. The first-order chi connectivity index (χ1) is 11.5. The van der Waals surface area contributed by atoms with Gasteiger partial charge in [0.1, 0.15) is 6.61 Å². The third-order valence-corrected chi connectivity index (χ3v) is 3.32. The second-order valence-electron chi connectivity index (χ2n) is 4.80. The Morgan fingerprint density at radius 1 is 1.15 bits per heavy atom. The average Bonchev–Trinajstić information content (AvgIpc) is 2.46. The lowest BCUT2D eigenvalue weighted by Gasteiger charge is -2.33. The van der Waals surface area contributed by atoms with E-state index in [4.69, 9.17) is 0 Å². The van der Waals surface area contributed by atoms with Crippen LogP contribution in [-0.2, 0) is 33.9 Å². The first-order valence-electron chi connectivity index (χ1n) is 6.62. The number of ether oxygens (including phenoxy) is 3. The highest BCUT2D eigenvalue weighted by atomic mass is 32.2. The zero-order valence-corrected chi connectivity index (χ0v) is 14.2. The van der Waals surface area contributed by atoms with Gasteiger partial charge in [-0.3, -0.25) is 0 Å². The minimum absolute atomic E-state index is 0.000785. The zero-order valence-electron chi connectivity index (χ0n) is 13.4. The van der Waals surface area contributed by atoms with Gasteiger partial charge in [0.25, 0.3) is 0 Å². The summed E-state index contributed by atoms with van der Waals surface area (Å²) in [5, 5.41) is -5.36. The molecule has 0 spiro atoms. The Hall–Kier alpha value is -1.80. The molecule has 0 saturated heterocycles. The van der Waals surface area contributed by atoms with Crippen molar-refractivity contribution in [2.24, 2.45) is 0 Å². The van der Waals surface area contributed by atoms with Crippen molar-refractivity contribution in [3.8, 4) is 0 Å². The van der Waals surface area contributed by atoms with Crippen LogP contribution in [0, 0.1) is 0 Å². The molecule has 8 nitrogen and oxygen atoms in total. The Morgan fingerprint density at radius 2 is 1.65 bits per heavy atom. The molecular formula is C12H14F5O8S-. The topological polar surface area (TPSA) is 119 Å². The molecule has 1 unspecified atom stereocenters. The maximum atomic E-state index is 13.3. The highest BCUT2D eigenvalue weighted by Crippen LogP contribution is 2.38. The van der Waals surface area contributed by atoms with Crippen LogP contribution in [0.4, 0.5) is 22.0 Å². The third-order valence-electron chi connectivity index (χ3n) is 2.47. The van der Waals surface area contributed by atoms with Crippen LogP contribution >= 0.6 is 0 Å². The van der Waals surface area contributed by atoms with Gasteiger partial charge in [0.15, 0.2) is 10.1 Å². The van der Waals surface area contributed by atoms with Crippen LogP contribution in [0.3, 0.4) is 0 Å². The fourth-order valence-electron chi connectivity index (χ4n) is 1.15. The Balaban J connectivity index is 6.06. The fourth-order valence-corrected chi connectivity index (χ4v) is 1.35. The van der Waals surface area contributed by atoms with E-state index in [0.29, 0.717) is 0 Å². The van der Waals surface area contributed by atoms with Crippen LogP contribution in [0.25, 0.3) is 0 Å². The first kappa shape index (κ1) is 24.2. The molecule has 0 aliphatic heterocycles. The average molecular weight is 413 g/mol. The summed E-state index contributed by atoms with van der Waals surface area (Å²) in [4.78, 5) is 23.2. The summed E-state index contributed by atoms with van der Waals surface area (Å²) in [5.74, 6) is -9.05. The molecule has 26 heavy (non-hydrogen) atoms. The normalized spacial score (nSPS) is 15.1. The Kier molecular flexibility index (Phi) is 7.69. The largest absolute Gasteiger partial charge is 0.743 e. The van der Waals surface area contributed by atoms with Gasteiger partial charge in [0.2, 0.25) is 0 Å². The lowest BCUT2D eigenvalue weighted by Crippen LogP contribution is -2.59. The standard InChI is InChI=1S/C12H15F5O8S/c1-4-5-23-9(19)11(12(15,16)17,25-8(18)7(2)3)24-6-10(13,14)26(20,21)22/h2,4-6H2,1,3H3,(H,20,21,22)/p-1. The number of esters is 2. The Morgan fingerprint density at radius 3 is 2.00 bits per heavy atom. The van der Waals surface area contributed by atoms with Crippen LogP contribution in [0.5, 0.6) is 0 Å². The predicted molar refractivity (Wildman–Crippen MR) is 71.5 cm³/mol. The molecule has 1 atom stereocenters. The molecule has 0 N–H and O–H groups in total. The van der Waals surface area contributed by atoms with Gasteiger partial charge in [-0.15, -0.1) is 0 Å². The van der Waals surface area contributed by atoms with Crippen molar-refractivity contribution in [2.75, 3.05) is 13.2 Å². The van der Waals surface area contributed by atoms with Crippen molar-refractivity contribution in [1.29, 1.82) is 0 Å². The molecule has 0 bridgehead atoms. The molecule has 0 aromatic heterocycles. The lowest BCUT2D eigenvalue weighted by molar-refractivity contribution is -0.360. The zero-order chi connectivity index (χ0) is 21.0. The predicted octanol–water partition coefficient (Wildman–Crippen LogP) is 1.47. The smallest absolute Gasteiger partial charge is 0.468 e. The van der Waals surface area contributed by atoms with E-state index in [1.807, 2.05) is 0 Å². The van der Waals surface area contributed by atoms with Crippen LogP contribution < -0.4 is 0 Å². The molecule has 0 radical (unpaired) electrons. The molecule has 14 heteroatoms. The van der Waals surface area contributed by atoms with Gasteiger partial charge < -0.3 is 18.8 Å². The minimum Gasteiger partial charge on any atom is -0.743 e. The Bertz CT molecular complexity index is 657. The van der Waals surface area contributed by atoms with Crippen LogP contribution in [0.2, 0.25) is 0 Å². The van der Waals surface area contributed by atoms with E-state index in [1.54, 1.807) is 0 Å². The van der Waals surface area contributed by atoms with Crippen LogP contribution in [0.15, 0.2) is 12.2 Å². The minimum atomic E-state index is -6.44. The van der Waals surface area contributed by atoms with Gasteiger partial charge in [0, 0.05) is 5.57 Å². The SMILES string of the molecule is C=C(C)C(=O)OC(OCC(F)(F)S(=O)(=O)[O-])(C(=O)OCCC)C(F)(F)F. The molecule has 0 aromatic carbocycles. The Labute approximate surface area is 144 Å². The highest BCUT2D eigenvalue weighted by Gasteiger charge is 2.68. The summed E-state index contributed by atoms with van der Waals surface area (Å²) in [5.41, 5.74) is -0.672. The van der Waals surface area contributed by atoms with Gasteiger partial charge in [-0.25, -0.2) is 18.0 Å². The van der Waals surface area contributed by atoms with E-state index in [-0.39, 0.29) is 6.42 Å². The molecule has 0 aliphatic carbocycles. The third kappa shape index (κ3) is 5.60. The van der Waals surface area contributed by atoms with Gasteiger partial charge in [-0.2, -0.15) is 22.0 Å². The second kappa shape index (κ2) is 8.26. The van der Waals surface area contributed by atoms with Crippen LogP contribution in [-0.4, -0.2) is 55.3 Å². The number of hydrogen-bond donors (Lipinski definition) is 0. The van der Waals surface area contributed by atoms with Crippen molar-refractivity contribution in [1.82, 2.24) is 0 Å². The summed E-state index contributed by atoms with van der Waals surface area (Å²) in [7, 11) is -6.44. The van der Waals surface area contributed by atoms with Crippen molar-refractivity contribution >= 4 is 22.1 Å². The maximum Gasteiger partial charge on any atom is 0.468 e. The van der Waals surface area contributed by atoms with Crippen molar-refractivity contribution in [2.45, 2.75) is 37.5 Å². The van der Waals surface area contributed by atoms with Crippen LogP contribution in [0.1, 0.15) is 20.3 Å². The maximum absolute atomic E-state index is 13.3. The summed E-state index contributed by atoms with van der Waals surface area (Å²) < 4.78 is 109. The van der Waals surface area contributed by atoms with E-state index >= 15 is 0 Å². The quantitative estimate of drug-likeness (QED) is 0.183. The second-order valence-corrected chi connectivity index (χ2v) is 6.31. The molecule has 0 saturated carbocycles. The number of carbonyl (C=O) groups is 2. The molecule has 0 fully saturated rings. The van der Waals surface area contributed by atoms with E-state index in [1.165, 1.54) is 6.92 Å². The number of carbonyl (C=O) groups excluding carboxylic acids is 2. The number of rotatable bonds is 9.